The zero-order chi connectivity index (χ0) is 23.5. The first-order chi connectivity index (χ1) is 15.0. The Morgan fingerprint density at radius 1 is 1.12 bits per heavy atom. The highest BCUT2D eigenvalue weighted by Crippen LogP contribution is 2.26. The van der Waals surface area contributed by atoms with E-state index in [1.807, 2.05) is 30.3 Å². The van der Waals surface area contributed by atoms with E-state index in [0.717, 1.165) is 5.56 Å². The molecular weight excluding hydrogens is 414 g/mol. The van der Waals surface area contributed by atoms with Gasteiger partial charge in [0, 0.05) is 5.69 Å². The summed E-state index contributed by atoms with van der Waals surface area (Å²) in [6, 6.07) is 12.0. The molecule has 0 aliphatic heterocycles. The van der Waals surface area contributed by atoms with Gasteiger partial charge >= 0.3 is 18.0 Å². The molecule has 1 aromatic heterocycles. The molecule has 0 saturated carbocycles. The predicted octanol–water partition coefficient (Wildman–Crippen LogP) is 4.13. The zero-order valence-electron chi connectivity index (χ0n) is 18.3. The molecule has 3 aromatic rings. The number of esters is 1. The van der Waals surface area contributed by atoms with Gasteiger partial charge in [-0.25, -0.2) is 14.6 Å². The van der Waals surface area contributed by atoms with Crippen molar-refractivity contribution in [2.24, 2.45) is 0 Å². The van der Waals surface area contributed by atoms with E-state index in [4.69, 9.17) is 9.47 Å². The number of hydrogen-bond acceptors (Lipinski definition) is 6. The lowest BCUT2D eigenvalue weighted by atomic mass is 10.1. The molecule has 2 N–H and O–H groups in total. The molecule has 0 spiro atoms. The minimum Gasteiger partial charge on any atom is -0.478 e. The number of anilines is 1. The van der Waals surface area contributed by atoms with Crippen LogP contribution in [0.3, 0.4) is 0 Å². The first-order valence-corrected chi connectivity index (χ1v) is 9.97. The average Bonchev–Trinajstić information content (AvgIpc) is 3.00. The number of carboxylic acid groups (broad SMARTS) is 1. The Balaban J connectivity index is 1.87. The standard InChI is InChI=1S/C23H25N3O6/c1-14-24-20-17(21(28)29)10-16(25-22(30)31-13-15-8-6-5-7-9-15)11-18(20)26(14)12-19(27)32-23(2,3)4/h5-11H,12-13H2,1-4H3,(H,25,30)(H,28,29). The molecule has 0 fully saturated rings. The molecule has 1 amide bonds. The van der Waals surface area contributed by atoms with Crippen molar-refractivity contribution in [2.75, 3.05) is 5.32 Å². The van der Waals surface area contributed by atoms with Gasteiger partial charge < -0.3 is 19.1 Å². The number of hydrogen-bond donors (Lipinski definition) is 2. The molecule has 1 heterocycles. The van der Waals surface area contributed by atoms with Crippen molar-refractivity contribution in [1.82, 2.24) is 9.55 Å². The van der Waals surface area contributed by atoms with Crippen LogP contribution in [0.4, 0.5) is 10.5 Å². The Kier molecular flexibility index (Phi) is 6.47. The van der Waals surface area contributed by atoms with Gasteiger partial charge in [0.15, 0.2) is 0 Å². The topological polar surface area (TPSA) is 120 Å². The molecular formula is C23H25N3O6. The van der Waals surface area contributed by atoms with Crippen LogP contribution >= 0.6 is 0 Å². The molecule has 0 aliphatic rings. The number of nitrogens with zero attached hydrogens (tertiary/aromatic N) is 2. The fourth-order valence-electron chi connectivity index (χ4n) is 3.15. The van der Waals surface area contributed by atoms with Crippen LogP contribution < -0.4 is 5.32 Å². The third kappa shape index (κ3) is 5.63. The van der Waals surface area contributed by atoms with Gasteiger partial charge in [-0.3, -0.25) is 10.1 Å². The minimum atomic E-state index is -1.21. The number of aromatic nitrogens is 2. The molecule has 0 saturated heterocycles. The van der Waals surface area contributed by atoms with Crippen LogP contribution in [0.15, 0.2) is 42.5 Å². The van der Waals surface area contributed by atoms with Crippen LogP contribution in [-0.4, -0.2) is 38.3 Å². The summed E-state index contributed by atoms with van der Waals surface area (Å²) < 4.78 is 12.1. The van der Waals surface area contributed by atoms with Crippen molar-refractivity contribution < 1.29 is 29.0 Å². The highest BCUT2D eigenvalue weighted by Gasteiger charge is 2.22. The molecule has 0 bridgehead atoms. The molecule has 0 atom stereocenters. The van der Waals surface area contributed by atoms with E-state index in [1.54, 1.807) is 38.3 Å². The quantitative estimate of drug-likeness (QED) is 0.554. The maximum absolute atomic E-state index is 12.3. The number of imidazole rings is 1. The Labute approximate surface area is 185 Å². The lowest BCUT2D eigenvalue weighted by molar-refractivity contribution is -0.155. The number of aromatic carboxylic acids is 1. The highest BCUT2D eigenvalue weighted by atomic mass is 16.6. The largest absolute Gasteiger partial charge is 0.478 e. The van der Waals surface area contributed by atoms with Gasteiger partial charge in [0.1, 0.15) is 30.1 Å². The predicted molar refractivity (Wildman–Crippen MR) is 118 cm³/mol. The third-order valence-corrected chi connectivity index (χ3v) is 4.44. The van der Waals surface area contributed by atoms with E-state index in [1.165, 1.54) is 6.07 Å². The van der Waals surface area contributed by atoms with Crippen molar-refractivity contribution in [3.05, 3.63) is 59.4 Å². The van der Waals surface area contributed by atoms with Crippen molar-refractivity contribution in [1.29, 1.82) is 0 Å². The van der Waals surface area contributed by atoms with Gasteiger partial charge in [0.25, 0.3) is 0 Å². The van der Waals surface area contributed by atoms with Crippen LogP contribution in [0, 0.1) is 6.92 Å². The smallest absolute Gasteiger partial charge is 0.411 e. The number of carbonyl (C=O) groups is 3. The Morgan fingerprint density at radius 2 is 1.81 bits per heavy atom. The number of aryl methyl sites for hydroxylation is 1. The normalized spacial score (nSPS) is 11.2. The SMILES string of the molecule is Cc1nc2c(C(=O)O)cc(NC(=O)OCc3ccccc3)cc2n1CC(=O)OC(C)(C)C. The second-order valence-electron chi connectivity index (χ2n) is 8.22. The van der Waals surface area contributed by atoms with Crippen LogP contribution in [-0.2, 0) is 27.4 Å². The van der Waals surface area contributed by atoms with Crippen molar-refractivity contribution >= 4 is 34.8 Å². The lowest BCUT2D eigenvalue weighted by Crippen LogP contribution is -2.26. The summed E-state index contributed by atoms with van der Waals surface area (Å²) in [6.45, 7) is 6.86. The summed E-state index contributed by atoms with van der Waals surface area (Å²) in [4.78, 5) is 40.7. The van der Waals surface area contributed by atoms with Crippen molar-refractivity contribution in [2.45, 2.75) is 46.4 Å². The second kappa shape index (κ2) is 9.09. The monoisotopic (exact) mass is 439 g/mol. The molecule has 32 heavy (non-hydrogen) atoms. The van der Waals surface area contributed by atoms with Crippen LogP contribution in [0.5, 0.6) is 0 Å². The van der Waals surface area contributed by atoms with E-state index < -0.39 is 23.6 Å². The first kappa shape index (κ1) is 22.8. The summed E-state index contributed by atoms with van der Waals surface area (Å²) in [5.41, 5.74) is 0.844. The van der Waals surface area contributed by atoms with E-state index in [9.17, 15) is 19.5 Å². The van der Waals surface area contributed by atoms with E-state index in [2.05, 4.69) is 10.3 Å². The molecule has 3 rings (SSSR count). The van der Waals surface area contributed by atoms with Gasteiger partial charge in [0.2, 0.25) is 0 Å². The zero-order valence-corrected chi connectivity index (χ0v) is 18.3. The number of amides is 1. The summed E-state index contributed by atoms with van der Waals surface area (Å²) in [5, 5.41) is 12.2. The summed E-state index contributed by atoms with van der Waals surface area (Å²) in [7, 11) is 0. The number of carboxylic acids is 1. The van der Waals surface area contributed by atoms with Gasteiger partial charge in [-0.2, -0.15) is 0 Å². The fourth-order valence-corrected chi connectivity index (χ4v) is 3.15. The van der Waals surface area contributed by atoms with Crippen molar-refractivity contribution in [3.63, 3.8) is 0 Å². The fraction of sp³-hybridized carbons (Fsp3) is 0.304. The first-order valence-electron chi connectivity index (χ1n) is 9.97. The second-order valence-corrected chi connectivity index (χ2v) is 8.22. The molecule has 2 aromatic carbocycles. The van der Waals surface area contributed by atoms with Crippen LogP contribution in [0.25, 0.3) is 11.0 Å². The van der Waals surface area contributed by atoms with E-state index >= 15 is 0 Å². The van der Waals surface area contributed by atoms with Gasteiger partial charge in [-0.1, -0.05) is 30.3 Å². The third-order valence-electron chi connectivity index (χ3n) is 4.44. The van der Waals surface area contributed by atoms with Crippen molar-refractivity contribution in [3.8, 4) is 0 Å². The average molecular weight is 439 g/mol. The van der Waals surface area contributed by atoms with Gasteiger partial charge in [0.05, 0.1) is 11.1 Å². The highest BCUT2D eigenvalue weighted by molar-refractivity contribution is 6.04. The molecule has 0 aliphatic carbocycles. The molecule has 9 heteroatoms. The molecule has 0 unspecified atom stereocenters. The Morgan fingerprint density at radius 3 is 2.44 bits per heavy atom. The maximum atomic E-state index is 12.3. The number of fused-ring (bicyclic) bond motifs is 1. The van der Waals surface area contributed by atoms with Gasteiger partial charge in [-0.15, -0.1) is 0 Å². The summed E-state index contributed by atoms with van der Waals surface area (Å²) in [6.07, 6.45) is -0.737. The number of rotatable bonds is 6. The molecule has 168 valence electrons. The van der Waals surface area contributed by atoms with E-state index in [-0.39, 0.29) is 29.9 Å². The van der Waals surface area contributed by atoms with Gasteiger partial charge in [-0.05, 0) is 45.4 Å². The molecule has 0 radical (unpaired) electrons. The molecule has 9 nitrogen and oxygen atoms in total. The number of ether oxygens (including phenoxy) is 2. The Hall–Kier alpha value is -3.88. The summed E-state index contributed by atoms with van der Waals surface area (Å²) >= 11 is 0. The number of benzene rings is 2. The van der Waals surface area contributed by atoms with Crippen LogP contribution in [0.1, 0.15) is 42.5 Å². The van der Waals surface area contributed by atoms with E-state index in [0.29, 0.717) is 11.3 Å². The summed E-state index contributed by atoms with van der Waals surface area (Å²) in [5.74, 6) is -1.26. The number of nitrogens with one attached hydrogen (secondary N) is 1. The Bertz CT molecular complexity index is 1160. The number of carbonyl (C=O) groups excluding carboxylic acids is 2. The van der Waals surface area contributed by atoms with Crippen LogP contribution in [0.2, 0.25) is 0 Å². The lowest BCUT2D eigenvalue weighted by Gasteiger charge is -2.20. The minimum absolute atomic E-state index is 0.0659. The maximum Gasteiger partial charge on any atom is 0.411 e.